The molecule has 0 amide bonds. The number of ether oxygens (including phenoxy) is 1. The zero-order chi connectivity index (χ0) is 16.0. The first-order valence-electron chi connectivity index (χ1n) is 7.54. The Morgan fingerprint density at radius 2 is 1.96 bits per heavy atom. The Labute approximate surface area is 133 Å². The van der Waals surface area contributed by atoms with Gasteiger partial charge in [0.1, 0.15) is 17.2 Å². The normalized spacial score (nSPS) is 15.2. The van der Waals surface area contributed by atoms with Gasteiger partial charge in [0, 0.05) is 11.1 Å². The van der Waals surface area contributed by atoms with Gasteiger partial charge >= 0.3 is 0 Å². The van der Waals surface area contributed by atoms with Crippen LogP contribution in [0.15, 0.2) is 53.3 Å². The Morgan fingerprint density at radius 3 is 2.83 bits per heavy atom. The molecular weight excluding hydrogens is 288 g/mol. The van der Waals surface area contributed by atoms with Gasteiger partial charge in [0.15, 0.2) is 0 Å². The van der Waals surface area contributed by atoms with E-state index >= 15 is 0 Å². The number of benzene rings is 2. The highest BCUT2D eigenvalue weighted by atomic mass is 16.5. The van der Waals surface area contributed by atoms with Crippen molar-refractivity contribution in [3.63, 3.8) is 0 Å². The summed E-state index contributed by atoms with van der Waals surface area (Å²) in [6, 6.07) is 13.2. The SMILES string of the molecule is CC1(C)C=Cc2cc(-c3nc4ccccc4c(=O)[nH]3)ccc2O1. The van der Waals surface area contributed by atoms with Gasteiger partial charge in [0.05, 0.1) is 10.9 Å². The molecule has 1 aliphatic heterocycles. The third kappa shape index (κ3) is 2.42. The molecule has 0 fully saturated rings. The smallest absolute Gasteiger partial charge is 0.259 e. The number of fused-ring (bicyclic) bond motifs is 2. The van der Waals surface area contributed by atoms with E-state index < -0.39 is 0 Å². The van der Waals surface area contributed by atoms with E-state index in [2.05, 4.69) is 9.97 Å². The number of nitrogens with zero attached hydrogens (tertiary/aromatic N) is 1. The van der Waals surface area contributed by atoms with Crippen molar-refractivity contribution in [1.82, 2.24) is 9.97 Å². The Balaban J connectivity index is 1.85. The minimum absolute atomic E-state index is 0.128. The van der Waals surface area contributed by atoms with Gasteiger partial charge in [-0.25, -0.2) is 4.98 Å². The van der Waals surface area contributed by atoms with Crippen LogP contribution >= 0.6 is 0 Å². The van der Waals surface area contributed by atoms with E-state index in [1.165, 1.54) is 0 Å². The standard InChI is InChI=1S/C19H16N2O2/c1-19(2)10-9-12-11-13(7-8-16(12)23-19)17-20-15-6-4-3-5-14(15)18(22)21-17/h3-11H,1-2H3,(H,20,21,22). The van der Waals surface area contributed by atoms with Crippen molar-refractivity contribution in [2.75, 3.05) is 0 Å². The summed E-state index contributed by atoms with van der Waals surface area (Å²) in [6.07, 6.45) is 4.07. The van der Waals surface area contributed by atoms with Gasteiger partial charge in [0.25, 0.3) is 5.56 Å². The number of hydrogen-bond acceptors (Lipinski definition) is 3. The highest BCUT2D eigenvalue weighted by Crippen LogP contribution is 2.33. The number of rotatable bonds is 1. The predicted octanol–water partition coefficient (Wildman–Crippen LogP) is 3.77. The van der Waals surface area contributed by atoms with E-state index in [-0.39, 0.29) is 11.2 Å². The Hall–Kier alpha value is -2.88. The largest absolute Gasteiger partial charge is 0.483 e. The highest BCUT2D eigenvalue weighted by molar-refractivity contribution is 5.79. The molecule has 1 aliphatic rings. The molecule has 0 radical (unpaired) electrons. The lowest BCUT2D eigenvalue weighted by Gasteiger charge is -2.27. The summed E-state index contributed by atoms with van der Waals surface area (Å²) < 4.78 is 5.92. The summed E-state index contributed by atoms with van der Waals surface area (Å²) in [7, 11) is 0. The van der Waals surface area contributed by atoms with Gasteiger partial charge in [0.2, 0.25) is 0 Å². The lowest BCUT2D eigenvalue weighted by atomic mass is 10.0. The van der Waals surface area contributed by atoms with E-state index in [0.29, 0.717) is 16.7 Å². The first-order valence-corrected chi connectivity index (χ1v) is 7.54. The van der Waals surface area contributed by atoms with E-state index in [1.807, 2.05) is 62.4 Å². The van der Waals surface area contributed by atoms with Crippen LogP contribution in [0.25, 0.3) is 28.4 Å². The van der Waals surface area contributed by atoms with Crippen LogP contribution in [0, 0.1) is 0 Å². The molecule has 0 unspecified atom stereocenters. The third-order valence-electron chi connectivity index (χ3n) is 3.93. The van der Waals surface area contributed by atoms with Crippen molar-refractivity contribution in [2.24, 2.45) is 0 Å². The summed E-state index contributed by atoms with van der Waals surface area (Å²) in [4.78, 5) is 19.6. The third-order valence-corrected chi connectivity index (χ3v) is 3.93. The molecule has 0 atom stereocenters. The predicted molar refractivity (Wildman–Crippen MR) is 91.5 cm³/mol. The van der Waals surface area contributed by atoms with Gasteiger partial charge in [-0.2, -0.15) is 0 Å². The van der Waals surface area contributed by atoms with Crippen LogP contribution in [-0.2, 0) is 0 Å². The van der Waals surface area contributed by atoms with Gasteiger partial charge < -0.3 is 9.72 Å². The van der Waals surface area contributed by atoms with E-state index in [0.717, 1.165) is 16.9 Å². The zero-order valence-corrected chi connectivity index (χ0v) is 13.0. The van der Waals surface area contributed by atoms with Crippen LogP contribution in [0.3, 0.4) is 0 Å². The summed E-state index contributed by atoms with van der Waals surface area (Å²) >= 11 is 0. The molecule has 1 N–H and O–H groups in total. The molecule has 114 valence electrons. The Morgan fingerprint density at radius 1 is 1.13 bits per heavy atom. The maximum atomic E-state index is 12.2. The second-order valence-electron chi connectivity index (χ2n) is 6.22. The first-order chi connectivity index (χ1) is 11.0. The van der Waals surface area contributed by atoms with Gasteiger partial charge in [-0.3, -0.25) is 4.79 Å². The van der Waals surface area contributed by atoms with Crippen molar-refractivity contribution in [1.29, 1.82) is 0 Å². The number of aromatic amines is 1. The maximum absolute atomic E-state index is 12.2. The van der Waals surface area contributed by atoms with Crippen molar-refractivity contribution in [2.45, 2.75) is 19.4 Å². The van der Waals surface area contributed by atoms with Crippen molar-refractivity contribution in [3.8, 4) is 17.1 Å². The number of hydrogen-bond donors (Lipinski definition) is 1. The number of para-hydroxylation sites is 1. The van der Waals surface area contributed by atoms with Crippen molar-refractivity contribution < 1.29 is 4.74 Å². The van der Waals surface area contributed by atoms with Crippen LogP contribution in [-0.4, -0.2) is 15.6 Å². The summed E-state index contributed by atoms with van der Waals surface area (Å²) in [5.41, 5.74) is 2.11. The first kappa shape index (κ1) is 13.8. The molecule has 0 spiro atoms. The van der Waals surface area contributed by atoms with Crippen LogP contribution < -0.4 is 10.3 Å². The molecule has 0 bridgehead atoms. The molecule has 1 aromatic heterocycles. The van der Waals surface area contributed by atoms with Crippen LogP contribution in [0.1, 0.15) is 19.4 Å². The van der Waals surface area contributed by atoms with Gasteiger partial charge in [-0.05, 0) is 50.3 Å². The van der Waals surface area contributed by atoms with Gasteiger partial charge in [-0.1, -0.05) is 18.2 Å². The van der Waals surface area contributed by atoms with E-state index in [9.17, 15) is 4.79 Å². The number of aromatic nitrogens is 2. The maximum Gasteiger partial charge on any atom is 0.259 e. The molecule has 3 aromatic rings. The zero-order valence-electron chi connectivity index (χ0n) is 13.0. The molecule has 4 heteroatoms. The van der Waals surface area contributed by atoms with Crippen LogP contribution in [0.5, 0.6) is 5.75 Å². The van der Waals surface area contributed by atoms with E-state index in [4.69, 9.17) is 4.74 Å². The summed E-state index contributed by atoms with van der Waals surface area (Å²) in [5, 5.41) is 0.596. The minimum Gasteiger partial charge on any atom is -0.483 e. The van der Waals surface area contributed by atoms with Crippen molar-refractivity contribution in [3.05, 3.63) is 64.5 Å². The Bertz CT molecular complexity index is 1000. The molecule has 4 rings (SSSR count). The lowest BCUT2D eigenvalue weighted by Crippen LogP contribution is -2.27. The number of H-pyrrole nitrogens is 1. The molecule has 4 nitrogen and oxygen atoms in total. The quantitative estimate of drug-likeness (QED) is 0.744. The minimum atomic E-state index is -0.302. The molecular formula is C19H16N2O2. The molecule has 0 saturated heterocycles. The van der Waals surface area contributed by atoms with Gasteiger partial charge in [-0.15, -0.1) is 0 Å². The lowest BCUT2D eigenvalue weighted by molar-refractivity contribution is 0.159. The second-order valence-corrected chi connectivity index (χ2v) is 6.22. The summed E-state index contributed by atoms with van der Waals surface area (Å²) in [6.45, 7) is 4.03. The summed E-state index contributed by atoms with van der Waals surface area (Å²) in [5.74, 6) is 1.40. The van der Waals surface area contributed by atoms with Crippen LogP contribution in [0.4, 0.5) is 0 Å². The average molecular weight is 304 g/mol. The monoisotopic (exact) mass is 304 g/mol. The highest BCUT2D eigenvalue weighted by Gasteiger charge is 2.21. The fourth-order valence-electron chi connectivity index (χ4n) is 2.75. The molecule has 23 heavy (non-hydrogen) atoms. The molecule has 0 aliphatic carbocycles. The Kier molecular flexibility index (Phi) is 2.88. The fraction of sp³-hybridized carbons (Fsp3) is 0.158. The molecule has 0 saturated carbocycles. The molecule has 2 aromatic carbocycles. The number of nitrogens with one attached hydrogen (secondary N) is 1. The van der Waals surface area contributed by atoms with Crippen LogP contribution in [0.2, 0.25) is 0 Å². The fourth-order valence-corrected chi connectivity index (χ4v) is 2.75. The second kappa shape index (κ2) is 4.81. The topological polar surface area (TPSA) is 55.0 Å². The van der Waals surface area contributed by atoms with E-state index in [1.54, 1.807) is 6.07 Å². The molecule has 2 heterocycles. The van der Waals surface area contributed by atoms with Crippen molar-refractivity contribution >= 4 is 17.0 Å². The average Bonchev–Trinajstić information content (AvgIpc) is 2.53.